The first-order chi connectivity index (χ1) is 12.3. The summed E-state index contributed by atoms with van der Waals surface area (Å²) in [5, 5.41) is 3.96. The van der Waals surface area contributed by atoms with E-state index in [1.165, 1.54) is 11.1 Å². The Labute approximate surface area is 145 Å². The van der Waals surface area contributed by atoms with Crippen LogP contribution in [0.5, 0.6) is 0 Å². The van der Waals surface area contributed by atoms with Crippen molar-refractivity contribution in [3.8, 4) is 11.4 Å². The molecule has 3 heterocycles. The number of hydrogen-bond donors (Lipinski definition) is 0. The van der Waals surface area contributed by atoms with E-state index in [-0.39, 0.29) is 5.91 Å². The van der Waals surface area contributed by atoms with Gasteiger partial charge in [-0.3, -0.25) is 9.78 Å². The second-order valence-electron chi connectivity index (χ2n) is 6.09. The molecule has 0 N–H and O–H groups in total. The molecule has 6 heteroatoms. The van der Waals surface area contributed by atoms with E-state index in [1.54, 1.807) is 12.4 Å². The minimum Gasteiger partial charge on any atom is -0.339 e. The first-order valence-corrected chi connectivity index (χ1v) is 8.37. The van der Waals surface area contributed by atoms with Gasteiger partial charge in [0, 0.05) is 43.9 Å². The number of carbonyl (C=O) groups is 1. The van der Waals surface area contributed by atoms with Crippen molar-refractivity contribution in [2.75, 3.05) is 6.54 Å². The summed E-state index contributed by atoms with van der Waals surface area (Å²) >= 11 is 0. The molecule has 1 amide bonds. The number of amides is 1. The molecule has 1 aliphatic heterocycles. The molecule has 0 radical (unpaired) electrons. The van der Waals surface area contributed by atoms with Gasteiger partial charge in [-0.15, -0.1) is 0 Å². The molecule has 3 aromatic rings. The van der Waals surface area contributed by atoms with Crippen molar-refractivity contribution in [1.29, 1.82) is 0 Å². The van der Waals surface area contributed by atoms with Crippen LogP contribution in [-0.2, 0) is 24.2 Å². The van der Waals surface area contributed by atoms with Crippen molar-refractivity contribution in [3.63, 3.8) is 0 Å². The topological polar surface area (TPSA) is 72.1 Å². The summed E-state index contributed by atoms with van der Waals surface area (Å²) in [7, 11) is 0. The molecule has 0 atom stereocenters. The lowest BCUT2D eigenvalue weighted by Gasteiger charge is -2.28. The van der Waals surface area contributed by atoms with Gasteiger partial charge in [0.25, 0.3) is 0 Å². The molecule has 1 aliphatic rings. The van der Waals surface area contributed by atoms with Gasteiger partial charge < -0.3 is 9.42 Å². The Morgan fingerprint density at radius 2 is 2.04 bits per heavy atom. The fourth-order valence-electron chi connectivity index (χ4n) is 3.05. The SMILES string of the molecule is O=C(CCc1nc(-c2cccnc2)no1)N1CCc2ccccc2C1. The summed E-state index contributed by atoms with van der Waals surface area (Å²) in [6.45, 7) is 1.44. The molecular formula is C19H18N4O2. The lowest BCUT2D eigenvalue weighted by atomic mass is 9.99. The van der Waals surface area contributed by atoms with Crippen LogP contribution in [0.2, 0.25) is 0 Å². The minimum atomic E-state index is 0.121. The second-order valence-corrected chi connectivity index (χ2v) is 6.09. The molecule has 0 saturated carbocycles. The summed E-state index contributed by atoms with van der Waals surface area (Å²) in [4.78, 5) is 22.8. The van der Waals surface area contributed by atoms with Gasteiger partial charge in [0.1, 0.15) is 0 Å². The Balaban J connectivity index is 1.36. The van der Waals surface area contributed by atoms with Crippen LogP contribution in [-0.4, -0.2) is 32.5 Å². The molecule has 6 nitrogen and oxygen atoms in total. The van der Waals surface area contributed by atoms with Crippen molar-refractivity contribution in [3.05, 3.63) is 65.8 Å². The number of aromatic nitrogens is 3. The average molecular weight is 334 g/mol. The van der Waals surface area contributed by atoms with Gasteiger partial charge >= 0.3 is 0 Å². The van der Waals surface area contributed by atoms with Crippen LogP contribution in [0.15, 0.2) is 53.3 Å². The highest BCUT2D eigenvalue weighted by atomic mass is 16.5. The van der Waals surface area contributed by atoms with Crippen molar-refractivity contribution in [1.82, 2.24) is 20.0 Å². The zero-order chi connectivity index (χ0) is 17.1. The lowest BCUT2D eigenvalue weighted by molar-refractivity contribution is -0.132. The van der Waals surface area contributed by atoms with Gasteiger partial charge in [-0.2, -0.15) is 4.98 Å². The van der Waals surface area contributed by atoms with Gasteiger partial charge in [-0.05, 0) is 29.7 Å². The second kappa shape index (κ2) is 6.84. The Hall–Kier alpha value is -3.02. The summed E-state index contributed by atoms with van der Waals surface area (Å²) in [6.07, 6.45) is 5.11. The summed E-state index contributed by atoms with van der Waals surface area (Å²) < 4.78 is 5.25. The number of nitrogens with zero attached hydrogens (tertiary/aromatic N) is 4. The van der Waals surface area contributed by atoms with Crippen molar-refractivity contribution in [2.24, 2.45) is 0 Å². The van der Waals surface area contributed by atoms with E-state index in [0.717, 1.165) is 18.5 Å². The standard InChI is InChI=1S/C19H18N4O2/c24-18(23-11-9-14-4-1-2-5-16(14)13-23)8-7-17-21-19(22-25-17)15-6-3-10-20-12-15/h1-6,10,12H,7-9,11,13H2. The molecule has 0 aliphatic carbocycles. The monoisotopic (exact) mass is 334 g/mol. The minimum absolute atomic E-state index is 0.121. The number of benzene rings is 1. The molecule has 0 fully saturated rings. The predicted octanol–water partition coefficient (Wildman–Crippen LogP) is 2.65. The van der Waals surface area contributed by atoms with Crippen LogP contribution in [0.1, 0.15) is 23.4 Å². The normalized spacial score (nSPS) is 13.5. The first kappa shape index (κ1) is 15.5. The van der Waals surface area contributed by atoms with Crippen molar-refractivity contribution >= 4 is 5.91 Å². The van der Waals surface area contributed by atoms with Crippen LogP contribution < -0.4 is 0 Å². The maximum Gasteiger partial charge on any atom is 0.227 e. The van der Waals surface area contributed by atoms with E-state index < -0.39 is 0 Å². The smallest absolute Gasteiger partial charge is 0.227 e. The van der Waals surface area contributed by atoms with E-state index in [1.807, 2.05) is 29.2 Å². The number of hydrogen-bond acceptors (Lipinski definition) is 5. The molecule has 1 aromatic carbocycles. The Kier molecular flexibility index (Phi) is 4.24. The third-order valence-electron chi connectivity index (χ3n) is 4.42. The molecule has 0 spiro atoms. The third-order valence-corrected chi connectivity index (χ3v) is 4.42. The lowest BCUT2D eigenvalue weighted by Crippen LogP contribution is -2.36. The summed E-state index contributed by atoms with van der Waals surface area (Å²) in [6, 6.07) is 12.0. The van der Waals surface area contributed by atoms with Gasteiger partial charge in [0.05, 0.1) is 0 Å². The van der Waals surface area contributed by atoms with Gasteiger partial charge in [-0.1, -0.05) is 29.4 Å². The Bertz CT molecular complexity index is 876. The van der Waals surface area contributed by atoms with Crippen LogP contribution in [0.3, 0.4) is 0 Å². The zero-order valence-electron chi connectivity index (χ0n) is 13.8. The molecule has 0 unspecified atom stereocenters. The van der Waals surface area contributed by atoms with Crippen molar-refractivity contribution < 1.29 is 9.32 Å². The molecule has 0 saturated heterocycles. The Morgan fingerprint density at radius 1 is 1.16 bits per heavy atom. The molecule has 126 valence electrons. The van der Waals surface area contributed by atoms with Gasteiger partial charge in [0.2, 0.25) is 17.6 Å². The molecule has 0 bridgehead atoms. The highest BCUT2D eigenvalue weighted by molar-refractivity contribution is 5.76. The highest BCUT2D eigenvalue weighted by Crippen LogP contribution is 2.20. The third kappa shape index (κ3) is 3.42. The number of rotatable bonds is 4. The van der Waals surface area contributed by atoms with Crippen LogP contribution in [0.25, 0.3) is 11.4 Å². The quantitative estimate of drug-likeness (QED) is 0.733. The average Bonchev–Trinajstić information content (AvgIpc) is 3.15. The molecular weight excluding hydrogens is 316 g/mol. The van der Waals surface area contributed by atoms with E-state index in [0.29, 0.717) is 31.1 Å². The molecule has 2 aromatic heterocycles. The largest absolute Gasteiger partial charge is 0.339 e. The predicted molar refractivity (Wildman–Crippen MR) is 91.4 cm³/mol. The number of pyridine rings is 1. The van der Waals surface area contributed by atoms with E-state index >= 15 is 0 Å². The van der Waals surface area contributed by atoms with Crippen molar-refractivity contribution in [2.45, 2.75) is 25.8 Å². The van der Waals surface area contributed by atoms with Crippen LogP contribution in [0, 0.1) is 0 Å². The number of aryl methyl sites for hydroxylation is 1. The van der Waals surface area contributed by atoms with E-state index in [4.69, 9.17) is 4.52 Å². The summed E-state index contributed by atoms with van der Waals surface area (Å²) in [5.74, 6) is 1.10. The van der Waals surface area contributed by atoms with E-state index in [2.05, 4.69) is 27.3 Å². The molecule has 25 heavy (non-hydrogen) atoms. The maximum atomic E-state index is 12.5. The Morgan fingerprint density at radius 3 is 2.88 bits per heavy atom. The maximum absolute atomic E-state index is 12.5. The number of carbonyl (C=O) groups excluding carboxylic acids is 1. The number of fused-ring (bicyclic) bond motifs is 1. The fraction of sp³-hybridized carbons (Fsp3) is 0.263. The highest BCUT2D eigenvalue weighted by Gasteiger charge is 2.21. The van der Waals surface area contributed by atoms with Crippen LogP contribution in [0.4, 0.5) is 0 Å². The van der Waals surface area contributed by atoms with Gasteiger partial charge in [0.15, 0.2) is 0 Å². The molecule has 4 rings (SSSR count). The zero-order valence-corrected chi connectivity index (χ0v) is 13.8. The first-order valence-electron chi connectivity index (χ1n) is 8.37. The van der Waals surface area contributed by atoms with Crippen LogP contribution >= 0.6 is 0 Å². The van der Waals surface area contributed by atoms with Gasteiger partial charge in [-0.25, -0.2) is 0 Å². The summed E-state index contributed by atoms with van der Waals surface area (Å²) in [5.41, 5.74) is 3.37. The fourth-order valence-corrected chi connectivity index (χ4v) is 3.05. The van der Waals surface area contributed by atoms with E-state index in [9.17, 15) is 4.79 Å².